The lowest BCUT2D eigenvalue weighted by atomic mass is 10.5. The van der Waals surface area contributed by atoms with Gasteiger partial charge in [0, 0.05) is 12.2 Å². The van der Waals surface area contributed by atoms with Crippen LogP contribution < -0.4 is 0 Å². The quantitative estimate of drug-likeness (QED) is 0.324. The minimum atomic E-state index is -0.803. The summed E-state index contributed by atoms with van der Waals surface area (Å²) in [5, 5.41) is 0.302. The predicted molar refractivity (Wildman–Crippen MR) is 70.6 cm³/mol. The van der Waals surface area contributed by atoms with E-state index in [9.17, 15) is 9.59 Å². The second kappa shape index (κ2) is 10.3. The van der Waals surface area contributed by atoms with Gasteiger partial charge in [0.15, 0.2) is 0 Å². The number of alkyl halides is 2. The third-order valence-corrected chi connectivity index (χ3v) is 2.51. The molecule has 0 unspecified atom stereocenters. The van der Waals surface area contributed by atoms with E-state index in [1.165, 1.54) is 0 Å². The van der Waals surface area contributed by atoms with Crippen LogP contribution >= 0.6 is 46.4 Å². The molecule has 0 bridgehead atoms. The maximum Gasteiger partial charge on any atom is 0.335 e. The summed E-state index contributed by atoms with van der Waals surface area (Å²) in [6.07, 6.45) is 3.66. The van der Waals surface area contributed by atoms with Crippen LogP contribution in [-0.4, -0.2) is 23.7 Å². The van der Waals surface area contributed by atoms with Crippen LogP contribution in [0.15, 0.2) is 34.7 Å². The summed E-state index contributed by atoms with van der Waals surface area (Å²) in [5.74, 6) is -1.57. The van der Waals surface area contributed by atoms with Crippen molar-refractivity contribution in [1.29, 1.82) is 0 Å². The summed E-state index contributed by atoms with van der Waals surface area (Å²) in [7, 11) is 0. The van der Waals surface area contributed by atoms with Crippen LogP contribution in [0.3, 0.4) is 0 Å². The van der Waals surface area contributed by atoms with E-state index in [1.54, 1.807) is 0 Å². The maximum atomic E-state index is 11.0. The van der Waals surface area contributed by atoms with Crippen LogP contribution in [0.1, 0.15) is 0 Å². The molecule has 0 N–H and O–H groups in total. The Morgan fingerprint density at radius 2 is 1.17 bits per heavy atom. The molecule has 0 amide bonds. The van der Waals surface area contributed by atoms with Crippen molar-refractivity contribution >= 4 is 58.3 Å². The van der Waals surface area contributed by atoms with Crippen LogP contribution in [0.25, 0.3) is 0 Å². The van der Waals surface area contributed by atoms with Gasteiger partial charge in [-0.05, 0) is 0 Å². The van der Waals surface area contributed by atoms with E-state index in [2.05, 4.69) is 9.47 Å². The van der Waals surface area contributed by atoms with Gasteiger partial charge in [0.1, 0.15) is 12.5 Å². The van der Waals surface area contributed by atoms with Crippen molar-refractivity contribution < 1.29 is 19.1 Å². The molecule has 0 atom stereocenters. The number of carbonyl (C=O) groups excluding carboxylic acids is 2. The zero-order valence-corrected chi connectivity index (χ0v) is 11.9. The standard InChI is InChI=1S/C10H8Cl4O4/c11-3-7(13)5-17-9(15)1-2-10(16)18-6-8(14)4-12/h1-2,5-6H,3-4H2/b2-1-,7-5?,8-6?. The van der Waals surface area contributed by atoms with E-state index in [1.807, 2.05) is 0 Å². The topological polar surface area (TPSA) is 52.6 Å². The maximum absolute atomic E-state index is 11.0. The number of rotatable bonds is 6. The first-order chi connectivity index (χ1) is 8.49. The van der Waals surface area contributed by atoms with Crippen LogP contribution in [0.5, 0.6) is 0 Å². The molecule has 0 heterocycles. The summed E-state index contributed by atoms with van der Waals surface area (Å²) < 4.78 is 9.03. The molecule has 0 rings (SSSR count). The second-order valence-corrected chi connectivity index (χ2v) is 4.11. The molecule has 0 aliphatic carbocycles. The molecule has 100 valence electrons. The number of hydrogen-bond donors (Lipinski definition) is 0. The fraction of sp³-hybridized carbons (Fsp3) is 0.200. The monoisotopic (exact) mass is 332 g/mol. The van der Waals surface area contributed by atoms with Crippen molar-refractivity contribution in [3.63, 3.8) is 0 Å². The first kappa shape index (κ1) is 17.3. The molecule has 0 aromatic rings. The Labute approximate surface area is 124 Å². The predicted octanol–water partition coefficient (Wildman–Crippen LogP) is 3.27. The van der Waals surface area contributed by atoms with E-state index in [0.717, 1.165) is 24.7 Å². The van der Waals surface area contributed by atoms with E-state index in [4.69, 9.17) is 46.4 Å². The number of esters is 2. The van der Waals surface area contributed by atoms with Crippen LogP contribution in [-0.2, 0) is 19.1 Å². The Bertz CT molecular complexity index is 351. The zero-order valence-electron chi connectivity index (χ0n) is 8.87. The largest absolute Gasteiger partial charge is 0.430 e. The third-order valence-electron chi connectivity index (χ3n) is 1.22. The second-order valence-electron chi connectivity index (χ2n) is 2.60. The molecule has 0 radical (unpaired) electrons. The molecular formula is C10H8Cl4O4. The molecule has 0 saturated carbocycles. The van der Waals surface area contributed by atoms with Crippen molar-refractivity contribution in [1.82, 2.24) is 0 Å². The molecular weight excluding hydrogens is 326 g/mol. The Balaban J connectivity index is 4.15. The number of hydrogen-bond acceptors (Lipinski definition) is 4. The first-order valence-electron chi connectivity index (χ1n) is 4.40. The number of ether oxygens (including phenoxy) is 2. The molecule has 0 saturated heterocycles. The van der Waals surface area contributed by atoms with Crippen molar-refractivity contribution in [3.05, 3.63) is 34.7 Å². The minimum absolute atomic E-state index is 0.0162. The van der Waals surface area contributed by atoms with Gasteiger partial charge in [0.2, 0.25) is 0 Å². The van der Waals surface area contributed by atoms with Crippen molar-refractivity contribution in [2.45, 2.75) is 0 Å². The van der Waals surface area contributed by atoms with E-state index in [0.29, 0.717) is 0 Å². The molecule has 0 aliphatic heterocycles. The molecule has 18 heavy (non-hydrogen) atoms. The van der Waals surface area contributed by atoms with Gasteiger partial charge in [-0.1, -0.05) is 23.2 Å². The number of carbonyl (C=O) groups is 2. The smallest absolute Gasteiger partial charge is 0.335 e. The molecule has 8 heteroatoms. The summed E-state index contributed by atoms with van der Waals surface area (Å²) in [6, 6.07) is 0. The Hall–Kier alpha value is -0.680. The van der Waals surface area contributed by atoms with Gasteiger partial charge < -0.3 is 9.47 Å². The average molecular weight is 334 g/mol. The van der Waals surface area contributed by atoms with Gasteiger partial charge in [-0.25, -0.2) is 9.59 Å². The van der Waals surface area contributed by atoms with Gasteiger partial charge in [-0.3, -0.25) is 0 Å². The zero-order chi connectivity index (χ0) is 14.0. The van der Waals surface area contributed by atoms with Crippen LogP contribution in [0.2, 0.25) is 0 Å². The minimum Gasteiger partial charge on any atom is -0.430 e. The normalized spacial score (nSPS) is 12.7. The highest BCUT2D eigenvalue weighted by Crippen LogP contribution is 2.04. The Morgan fingerprint density at radius 1 is 0.833 bits per heavy atom. The third kappa shape index (κ3) is 9.36. The molecule has 0 fully saturated rings. The van der Waals surface area contributed by atoms with E-state index >= 15 is 0 Å². The lowest BCUT2D eigenvalue weighted by Crippen LogP contribution is -1.99. The van der Waals surface area contributed by atoms with Gasteiger partial charge >= 0.3 is 11.9 Å². The molecule has 4 nitrogen and oxygen atoms in total. The molecule has 0 aliphatic rings. The highest BCUT2D eigenvalue weighted by molar-refractivity contribution is 6.36. The van der Waals surface area contributed by atoms with Crippen LogP contribution in [0.4, 0.5) is 0 Å². The highest BCUT2D eigenvalue weighted by atomic mass is 35.5. The van der Waals surface area contributed by atoms with E-state index in [-0.39, 0.29) is 21.8 Å². The van der Waals surface area contributed by atoms with Gasteiger partial charge in [-0.2, -0.15) is 0 Å². The lowest BCUT2D eigenvalue weighted by molar-refractivity contribution is -0.135. The van der Waals surface area contributed by atoms with Crippen LogP contribution in [0, 0.1) is 0 Å². The Morgan fingerprint density at radius 3 is 1.44 bits per heavy atom. The van der Waals surface area contributed by atoms with Gasteiger partial charge in [0.05, 0.1) is 21.8 Å². The van der Waals surface area contributed by atoms with Crippen molar-refractivity contribution in [2.75, 3.05) is 11.8 Å². The number of halogens is 4. The van der Waals surface area contributed by atoms with E-state index < -0.39 is 11.9 Å². The highest BCUT2D eigenvalue weighted by Gasteiger charge is 2.00. The SMILES string of the molecule is O=C(/C=C\C(=O)OC=C(Cl)CCl)OC=C(Cl)CCl. The summed E-state index contributed by atoms with van der Waals surface area (Å²) >= 11 is 21.6. The molecule has 0 spiro atoms. The summed E-state index contributed by atoms with van der Waals surface area (Å²) in [6.45, 7) is 0. The van der Waals surface area contributed by atoms with Gasteiger partial charge in [-0.15, -0.1) is 23.2 Å². The molecule has 0 aromatic carbocycles. The first-order valence-corrected chi connectivity index (χ1v) is 6.22. The average Bonchev–Trinajstić information content (AvgIpc) is 2.39. The Kier molecular flexibility index (Phi) is 9.87. The molecule has 0 aromatic heterocycles. The summed E-state index contributed by atoms with van der Waals surface area (Å²) in [4.78, 5) is 22.1. The van der Waals surface area contributed by atoms with Crippen molar-refractivity contribution in [2.24, 2.45) is 0 Å². The fourth-order valence-corrected chi connectivity index (χ4v) is 0.737. The number of allylic oxidation sites excluding steroid dienone is 2. The fourth-order valence-electron chi connectivity index (χ4n) is 0.522. The van der Waals surface area contributed by atoms with Crippen molar-refractivity contribution in [3.8, 4) is 0 Å². The van der Waals surface area contributed by atoms with Gasteiger partial charge in [0.25, 0.3) is 0 Å². The summed E-state index contributed by atoms with van der Waals surface area (Å²) in [5.41, 5.74) is 0. The lowest BCUT2D eigenvalue weighted by Gasteiger charge is -1.95.